The van der Waals surface area contributed by atoms with E-state index in [-0.39, 0.29) is 5.92 Å². The molecule has 0 saturated carbocycles. The molecule has 28 heavy (non-hydrogen) atoms. The first-order valence-corrected chi connectivity index (χ1v) is 10.4. The molecule has 140 valence electrons. The van der Waals surface area contributed by atoms with Gasteiger partial charge in [0.15, 0.2) is 0 Å². The molecule has 5 rings (SSSR count). The third-order valence-electron chi connectivity index (χ3n) is 6.30. The second kappa shape index (κ2) is 6.70. The predicted molar refractivity (Wildman–Crippen MR) is 115 cm³/mol. The molecule has 0 spiro atoms. The molecule has 2 aliphatic rings. The maximum absolute atomic E-state index is 4.79. The van der Waals surface area contributed by atoms with Crippen molar-refractivity contribution in [1.82, 2.24) is 9.97 Å². The summed E-state index contributed by atoms with van der Waals surface area (Å²) >= 11 is 0. The summed E-state index contributed by atoms with van der Waals surface area (Å²) in [4.78, 5) is 9.59. The minimum atomic E-state index is 0.152. The average Bonchev–Trinajstić information content (AvgIpc) is 2.71. The van der Waals surface area contributed by atoms with E-state index < -0.39 is 0 Å². The Morgan fingerprint density at radius 2 is 1.68 bits per heavy atom. The molecule has 2 heteroatoms. The van der Waals surface area contributed by atoms with Gasteiger partial charge in [-0.1, -0.05) is 55.5 Å². The van der Waals surface area contributed by atoms with E-state index >= 15 is 0 Å². The van der Waals surface area contributed by atoms with Crippen LogP contribution in [0.1, 0.15) is 64.6 Å². The fourth-order valence-corrected chi connectivity index (χ4v) is 5.08. The van der Waals surface area contributed by atoms with Crippen LogP contribution < -0.4 is 0 Å². The van der Waals surface area contributed by atoms with Gasteiger partial charge in [-0.15, -0.1) is 0 Å². The second-order valence-corrected chi connectivity index (χ2v) is 8.14. The number of hydrogen-bond donors (Lipinski definition) is 0. The molecule has 2 aromatic carbocycles. The van der Waals surface area contributed by atoms with Crippen LogP contribution in [0, 0.1) is 13.8 Å². The van der Waals surface area contributed by atoms with Crippen molar-refractivity contribution < 1.29 is 0 Å². The molecule has 2 nitrogen and oxygen atoms in total. The molecule has 0 bridgehead atoms. The van der Waals surface area contributed by atoms with Crippen LogP contribution in [0.2, 0.25) is 0 Å². The number of nitrogens with zero attached hydrogens (tertiary/aromatic N) is 2. The Hall–Kier alpha value is -2.74. The minimum Gasteiger partial charge on any atom is -0.237 e. The second-order valence-electron chi connectivity index (χ2n) is 8.14. The van der Waals surface area contributed by atoms with E-state index in [2.05, 4.69) is 75.4 Å². The quantitative estimate of drug-likeness (QED) is 0.516. The summed E-state index contributed by atoms with van der Waals surface area (Å²) in [6.45, 7) is 6.41. The van der Waals surface area contributed by atoms with Gasteiger partial charge in [-0.05, 0) is 72.6 Å². The van der Waals surface area contributed by atoms with E-state index in [9.17, 15) is 0 Å². The number of hydrogen-bond acceptors (Lipinski definition) is 2. The van der Waals surface area contributed by atoms with Gasteiger partial charge in [-0.2, -0.15) is 0 Å². The number of allylic oxidation sites excluding steroid dienone is 2. The van der Waals surface area contributed by atoms with Crippen molar-refractivity contribution in [3.63, 3.8) is 0 Å². The van der Waals surface area contributed by atoms with Gasteiger partial charge in [0.25, 0.3) is 0 Å². The molecule has 2 unspecified atom stereocenters. The number of rotatable bonds is 2. The average molecular weight is 367 g/mol. The van der Waals surface area contributed by atoms with Crippen molar-refractivity contribution in [2.45, 2.75) is 51.9 Å². The van der Waals surface area contributed by atoms with Gasteiger partial charge >= 0.3 is 0 Å². The lowest BCUT2D eigenvalue weighted by Crippen LogP contribution is -2.18. The summed E-state index contributed by atoms with van der Waals surface area (Å²) in [7, 11) is 0. The van der Waals surface area contributed by atoms with Crippen molar-refractivity contribution in [3.8, 4) is 11.1 Å². The van der Waals surface area contributed by atoms with Crippen molar-refractivity contribution in [1.29, 1.82) is 0 Å². The van der Waals surface area contributed by atoms with E-state index in [4.69, 9.17) is 9.97 Å². The van der Waals surface area contributed by atoms with Crippen molar-refractivity contribution in [2.75, 3.05) is 0 Å². The van der Waals surface area contributed by atoms with Crippen LogP contribution >= 0.6 is 0 Å². The number of aryl methyl sites for hydroxylation is 3. The van der Waals surface area contributed by atoms with Crippen LogP contribution in [0.15, 0.2) is 54.6 Å². The number of fused-ring (bicyclic) bond motifs is 5. The highest BCUT2D eigenvalue weighted by molar-refractivity contribution is 5.76. The molecular formula is C26H26N2. The molecule has 2 atom stereocenters. The molecule has 1 heterocycles. The van der Waals surface area contributed by atoms with Crippen LogP contribution in [0.4, 0.5) is 0 Å². The Morgan fingerprint density at radius 1 is 0.893 bits per heavy atom. The largest absolute Gasteiger partial charge is 0.237 e. The fourth-order valence-electron chi connectivity index (χ4n) is 5.08. The Bertz CT molecular complexity index is 1070. The van der Waals surface area contributed by atoms with Crippen LogP contribution in [0.3, 0.4) is 0 Å². The van der Waals surface area contributed by atoms with E-state index in [0.717, 1.165) is 36.5 Å². The van der Waals surface area contributed by atoms with Crippen LogP contribution in [-0.2, 0) is 12.8 Å². The third-order valence-corrected chi connectivity index (χ3v) is 6.30. The van der Waals surface area contributed by atoms with Crippen molar-refractivity contribution in [2.24, 2.45) is 0 Å². The summed E-state index contributed by atoms with van der Waals surface area (Å²) in [6.07, 6.45) is 8.11. The van der Waals surface area contributed by atoms with Gasteiger partial charge < -0.3 is 0 Å². The van der Waals surface area contributed by atoms with Crippen molar-refractivity contribution in [3.05, 3.63) is 94.1 Å². The van der Waals surface area contributed by atoms with E-state index in [0.29, 0.717) is 5.92 Å². The summed E-state index contributed by atoms with van der Waals surface area (Å²) in [5, 5.41) is 0. The first kappa shape index (κ1) is 17.4. The first-order chi connectivity index (χ1) is 13.7. The zero-order chi connectivity index (χ0) is 19.3. The lowest BCUT2D eigenvalue weighted by molar-refractivity contribution is 0.722. The smallest absolute Gasteiger partial charge is 0.140 e. The van der Waals surface area contributed by atoms with Crippen molar-refractivity contribution >= 4 is 0 Å². The highest BCUT2D eigenvalue weighted by atomic mass is 14.9. The molecular weight excluding hydrogens is 340 g/mol. The molecule has 0 radical (unpaired) electrons. The highest BCUT2D eigenvalue weighted by Gasteiger charge is 2.30. The molecule has 0 amide bonds. The van der Waals surface area contributed by atoms with E-state index in [1.807, 2.05) is 0 Å². The maximum Gasteiger partial charge on any atom is 0.140 e. The monoisotopic (exact) mass is 366 g/mol. The Morgan fingerprint density at radius 3 is 2.46 bits per heavy atom. The zero-order valence-corrected chi connectivity index (χ0v) is 16.9. The highest BCUT2D eigenvalue weighted by Crippen LogP contribution is 2.45. The lowest BCUT2D eigenvalue weighted by atomic mass is 9.73. The van der Waals surface area contributed by atoms with E-state index in [1.54, 1.807) is 5.56 Å². The Balaban J connectivity index is 1.71. The van der Waals surface area contributed by atoms with Gasteiger partial charge in [0.2, 0.25) is 0 Å². The Labute approximate surface area is 167 Å². The maximum atomic E-state index is 4.79. The first-order valence-electron chi connectivity index (χ1n) is 10.4. The Kier molecular flexibility index (Phi) is 4.16. The third kappa shape index (κ3) is 2.71. The molecule has 0 aliphatic heterocycles. The van der Waals surface area contributed by atoms with E-state index in [1.165, 1.54) is 27.8 Å². The van der Waals surface area contributed by atoms with Crippen LogP contribution in [0.5, 0.6) is 0 Å². The lowest BCUT2D eigenvalue weighted by Gasteiger charge is -2.32. The van der Waals surface area contributed by atoms with Gasteiger partial charge in [-0.25, -0.2) is 9.97 Å². The van der Waals surface area contributed by atoms with Crippen LogP contribution in [0.25, 0.3) is 11.1 Å². The SMILES string of the molecule is CCC1C=CC(c2nc(C)cc(C)n2)c2ccc3c(c21)CCc1ccccc1-3. The van der Waals surface area contributed by atoms with Gasteiger partial charge in [-0.3, -0.25) is 0 Å². The molecule has 0 saturated heterocycles. The number of aromatic nitrogens is 2. The topological polar surface area (TPSA) is 25.8 Å². The summed E-state index contributed by atoms with van der Waals surface area (Å²) in [6, 6.07) is 15.6. The van der Waals surface area contributed by atoms with Crippen LogP contribution in [-0.4, -0.2) is 9.97 Å². The van der Waals surface area contributed by atoms with Gasteiger partial charge in [0.1, 0.15) is 5.82 Å². The van der Waals surface area contributed by atoms with Gasteiger partial charge in [0.05, 0.1) is 5.92 Å². The molecule has 3 aromatic rings. The summed E-state index contributed by atoms with van der Waals surface area (Å²) < 4.78 is 0. The zero-order valence-electron chi connectivity index (χ0n) is 16.9. The standard InChI is InChI=1S/C26H26N2/c1-4-18-9-12-24(26-27-16(2)15-17(3)28-26)23-14-13-21-20-8-6-5-7-19(20)10-11-22(21)25(18)23/h5-9,12-15,18,24H,4,10-11H2,1-3H3. The van der Waals surface area contributed by atoms with Gasteiger partial charge in [0, 0.05) is 17.3 Å². The number of benzene rings is 2. The molecule has 2 aliphatic carbocycles. The predicted octanol–water partition coefficient (Wildman–Crippen LogP) is 6.05. The normalized spacial score (nSPS) is 19.7. The minimum absolute atomic E-state index is 0.152. The molecule has 0 fully saturated rings. The molecule has 1 aromatic heterocycles. The fraction of sp³-hybridized carbons (Fsp3) is 0.308. The molecule has 0 N–H and O–H groups in total. The summed E-state index contributed by atoms with van der Waals surface area (Å²) in [5.74, 6) is 1.57. The summed E-state index contributed by atoms with van der Waals surface area (Å²) in [5.41, 5.74) is 10.9.